The van der Waals surface area contributed by atoms with Crippen LogP contribution in [0.15, 0.2) is 11.0 Å². The largest absolute Gasteiger partial charge is 0.506 e. The number of sulfonamides is 1. The first-order valence-electron chi connectivity index (χ1n) is 5.04. The normalized spacial score (nSPS) is 15.1. The monoisotopic (exact) mass is 242 g/mol. The molecular formula is C10H14N2O3S. The molecule has 1 aromatic rings. The van der Waals surface area contributed by atoms with Crippen LogP contribution in [0.2, 0.25) is 0 Å². The SMILES string of the molecule is NCc1c(O)c(S(N)(=O)=O)cc2c1CCC2. The van der Waals surface area contributed by atoms with Gasteiger partial charge in [0, 0.05) is 12.1 Å². The topological polar surface area (TPSA) is 106 Å². The second kappa shape index (κ2) is 3.73. The molecule has 0 amide bonds. The summed E-state index contributed by atoms with van der Waals surface area (Å²) in [7, 11) is -3.89. The summed E-state index contributed by atoms with van der Waals surface area (Å²) in [6.45, 7) is 0.123. The van der Waals surface area contributed by atoms with Crippen LogP contribution < -0.4 is 10.9 Å². The molecule has 0 saturated carbocycles. The number of hydrogen-bond acceptors (Lipinski definition) is 4. The van der Waals surface area contributed by atoms with Crippen molar-refractivity contribution in [3.05, 3.63) is 22.8 Å². The molecular weight excluding hydrogens is 228 g/mol. The average molecular weight is 242 g/mol. The smallest absolute Gasteiger partial charge is 0.241 e. The first kappa shape index (κ1) is 11.4. The van der Waals surface area contributed by atoms with E-state index < -0.39 is 10.0 Å². The molecule has 6 heteroatoms. The van der Waals surface area contributed by atoms with Gasteiger partial charge in [0.2, 0.25) is 10.0 Å². The second-order valence-corrected chi connectivity index (χ2v) is 5.47. The highest BCUT2D eigenvalue weighted by molar-refractivity contribution is 7.89. The Morgan fingerprint density at radius 3 is 2.62 bits per heavy atom. The van der Waals surface area contributed by atoms with Crippen LogP contribution in [0.1, 0.15) is 23.1 Å². The van der Waals surface area contributed by atoms with Crippen LogP contribution in [0.4, 0.5) is 0 Å². The fraction of sp³-hybridized carbons (Fsp3) is 0.400. The van der Waals surface area contributed by atoms with Crippen molar-refractivity contribution in [2.24, 2.45) is 10.9 Å². The number of fused-ring (bicyclic) bond motifs is 1. The van der Waals surface area contributed by atoms with Crippen molar-refractivity contribution in [2.45, 2.75) is 30.7 Å². The molecule has 0 heterocycles. The van der Waals surface area contributed by atoms with Gasteiger partial charge in [0.15, 0.2) is 0 Å². The number of aryl methyl sites for hydroxylation is 1. The van der Waals surface area contributed by atoms with Crippen molar-refractivity contribution in [3.63, 3.8) is 0 Å². The van der Waals surface area contributed by atoms with Gasteiger partial charge in [-0.3, -0.25) is 0 Å². The molecule has 1 aliphatic rings. The summed E-state index contributed by atoms with van der Waals surface area (Å²) in [5.74, 6) is -0.286. The summed E-state index contributed by atoms with van der Waals surface area (Å²) in [5, 5.41) is 14.9. The molecule has 0 aliphatic heterocycles. The van der Waals surface area contributed by atoms with Crippen LogP contribution in [0, 0.1) is 0 Å². The Balaban J connectivity index is 2.76. The van der Waals surface area contributed by atoms with E-state index in [-0.39, 0.29) is 17.2 Å². The van der Waals surface area contributed by atoms with Crippen LogP contribution in [0.5, 0.6) is 5.75 Å². The highest BCUT2D eigenvalue weighted by Gasteiger charge is 2.24. The molecule has 1 aliphatic carbocycles. The zero-order chi connectivity index (χ0) is 11.9. The third kappa shape index (κ3) is 1.68. The highest BCUT2D eigenvalue weighted by Crippen LogP contribution is 2.35. The van der Waals surface area contributed by atoms with Crippen LogP contribution in [0.3, 0.4) is 0 Å². The molecule has 0 unspecified atom stereocenters. The number of primary sulfonamides is 1. The fourth-order valence-corrected chi connectivity index (χ4v) is 2.93. The van der Waals surface area contributed by atoms with Crippen LogP contribution in [-0.2, 0) is 29.4 Å². The summed E-state index contributed by atoms with van der Waals surface area (Å²) in [4.78, 5) is -0.214. The third-order valence-corrected chi connectivity index (χ3v) is 3.88. The van der Waals surface area contributed by atoms with Gasteiger partial charge < -0.3 is 10.8 Å². The Kier molecular flexibility index (Phi) is 2.65. The van der Waals surface area contributed by atoms with Gasteiger partial charge in [-0.2, -0.15) is 0 Å². The summed E-state index contributed by atoms with van der Waals surface area (Å²) < 4.78 is 22.6. The number of phenols is 1. The van der Waals surface area contributed by atoms with Crippen molar-refractivity contribution in [1.82, 2.24) is 0 Å². The maximum atomic E-state index is 11.3. The minimum absolute atomic E-state index is 0.123. The van der Waals surface area contributed by atoms with Crippen molar-refractivity contribution in [1.29, 1.82) is 0 Å². The van der Waals surface area contributed by atoms with Gasteiger partial charge >= 0.3 is 0 Å². The molecule has 0 aromatic heterocycles. The lowest BCUT2D eigenvalue weighted by molar-refractivity contribution is 0.450. The quantitative estimate of drug-likeness (QED) is 0.677. The molecule has 0 spiro atoms. The molecule has 0 radical (unpaired) electrons. The maximum Gasteiger partial charge on any atom is 0.241 e. The van der Waals surface area contributed by atoms with E-state index in [1.165, 1.54) is 6.07 Å². The number of benzene rings is 1. The molecule has 0 saturated heterocycles. The van der Waals surface area contributed by atoms with E-state index in [9.17, 15) is 13.5 Å². The van der Waals surface area contributed by atoms with E-state index in [1.54, 1.807) is 0 Å². The fourth-order valence-electron chi connectivity index (χ4n) is 2.23. The van der Waals surface area contributed by atoms with E-state index in [4.69, 9.17) is 10.9 Å². The molecule has 0 fully saturated rings. The minimum Gasteiger partial charge on any atom is -0.506 e. The Bertz CT molecular complexity index is 537. The van der Waals surface area contributed by atoms with E-state index in [2.05, 4.69) is 0 Å². The molecule has 0 bridgehead atoms. The van der Waals surface area contributed by atoms with Crippen molar-refractivity contribution >= 4 is 10.0 Å². The lowest BCUT2D eigenvalue weighted by atomic mass is 10.0. The molecule has 5 N–H and O–H groups in total. The summed E-state index contributed by atoms with van der Waals surface area (Å²) >= 11 is 0. The van der Waals surface area contributed by atoms with Gasteiger partial charge in [-0.25, -0.2) is 13.6 Å². The number of aromatic hydroxyl groups is 1. The number of nitrogens with two attached hydrogens (primary N) is 2. The standard InChI is InChI=1S/C10H14N2O3S/c11-5-8-7-3-1-2-6(7)4-9(10(8)13)16(12,14)15/h4,13H,1-3,5,11H2,(H2,12,14,15). The molecule has 88 valence electrons. The number of hydrogen-bond donors (Lipinski definition) is 3. The van der Waals surface area contributed by atoms with Crippen molar-refractivity contribution in [2.75, 3.05) is 0 Å². The first-order valence-corrected chi connectivity index (χ1v) is 6.59. The Morgan fingerprint density at radius 1 is 1.38 bits per heavy atom. The maximum absolute atomic E-state index is 11.3. The first-order chi connectivity index (χ1) is 7.45. The second-order valence-electron chi connectivity index (χ2n) is 3.94. The summed E-state index contributed by atoms with van der Waals surface area (Å²) in [5.41, 5.74) is 7.96. The van der Waals surface area contributed by atoms with Crippen LogP contribution >= 0.6 is 0 Å². The van der Waals surface area contributed by atoms with Crippen molar-refractivity contribution in [3.8, 4) is 5.75 Å². The molecule has 5 nitrogen and oxygen atoms in total. The predicted octanol–water partition coefficient (Wildman–Crippen LogP) is -0.0130. The van der Waals surface area contributed by atoms with Gasteiger partial charge in [0.1, 0.15) is 10.6 Å². The van der Waals surface area contributed by atoms with Gasteiger partial charge in [0.25, 0.3) is 0 Å². The minimum atomic E-state index is -3.89. The predicted molar refractivity (Wildman–Crippen MR) is 59.4 cm³/mol. The van der Waals surface area contributed by atoms with Gasteiger partial charge in [0.05, 0.1) is 0 Å². The summed E-state index contributed by atoms with van der Waals surface area (Å²) in [6.07, 6.45) is 2.60. The Hall–Kier alpha value is -1.11. The lowest BCUT2D eigenvalue weighted by Crippen LogP contribution is -2.15. The molecule has 2 rings (SSSR count). The number of phenolic OH excluding ortho intramolecular Hbond substituents is 1. The van der Waals surface area contributed by atoms with Crippen LogP contribution in [-0.4, -0.2) is 13.5 Å². The van der Waals surface area contributed by atoms with Crippen molar-refractivity contribution < 1.29 is 13.5 Å². The molecule has 1 aromatic carbocycles. The average Bonchev–Trinajstić information content (AvgIpc) is 2.62. The van der Waals surface area contributed by atoms with Gasteiger partial charge in [-0.1, -0.05) is 0 Å². The van der Waals surface area contributed by atoms with E-state index in [0.717, 1.165) is 30.4 Å². The van der Waals surface area contributed by atoms with E-state index in [1.807, 2.05) is 0 Å². The zero-order valence-corrected chi connectivity index (χ0v) is 9.55. The molecule has 0 atom stereocenters. The highest BCUT2D eigenvalue weighted by atomic mass is 32.2. The Labute approximate surface area is 94.1 Å². The van der Waals surface area contributed by atoms with Gasteiger partial charge in [-0.05, 0) is 36.5 Å². The Morgan fingerprint density at radius 2 is 2.06 bits per heavy atom. The van der Waals surface area contributed by atoms with Gasteiger partial charge in [-0.15, -0.1) is 0 Å². The number of rotatable bonds is 2. The van der Waals surface area contributed by atoms with Crippen LogP contribution in [0.25, 0.3) is 0 Å². The van der Waals surface area contributed by atoms with E-state index in [0.29, 0.717) is 5.56 Å². The summed E-state index contributed by atoms with van der Waals surface area (Å²) in [6, 6.07) is 1.46. The molecule has 16 heavy (non-hydrogen) atoms. The third-order valence-electron chi connectivity index (χ3n) is 2.96. The lowest BCUT2D eigenvalue weighted by Gasteiger charge is -2.12. The van der Waals surface area contributed by atoms with E-state index >= 15 is 0 Å². The zero-order valence-electron chi connectivity index (χ0n) is 8.73.